The lowest BCUT2D eigenvalue weighted by Crippen LogP contribution is -2.05. The average molecular weight is 239 g/mol. The average Bonchev–Trinajstić information content (AvgIpc) is 2.26. The molecule has 1 aromatic heterocycles. The first kappa shape index (κ1) is 11.9. The summed E-state index contributed by atoms with van der Waals surface area (Å²) in [7, 11) is 0. The molecule has 0 spiro atoms. The molecule has 0 bridgehead atoms. The van der Waals surface area contributed by atoms with Gasteiger partial charge in [0, 0.05) is 11.6 Å². The van der Waals surface area contributed by atoms with Crippen LogP contribution in [0.1, 0.15) is 30.9 Å². The van der Waals surface area contributed by atoms with Crippen molar-refractivity contribution in [2.75, 3.05) is 0 Å². The Hall–Kier alpha value is -1.58. The second-order valence-electron chi connectivity index (χ2n) is 4.33. The van der Waals surface area contributed by atoms with Gasteiger partial charge in [-0.25, -0.2) is 0 Å². The predicted octanol–water partition coefficient (Wildman–Crippen LogP) is 4.38. The molecule has 1 nitrogen and oxygen atoms in total. The molecule has 0 aliphatic carbocycles. The Balaban J connectivity index is 2.54. The van der Waals surface area contributed by atoms with Crippen LogP contribution in [0.2, 0.25) is 0 Å². The molecule has 2 aromatic rings. The van der Waals surface area contributed by atoms with Crippen LogP contribution in [0, 0.1) is 0 Å². The molecule has 1 heterocycles. The van der Waals surface area contributed by atoms with Crippen LogP contribution in [0.25, 0.3) is 10.9 Å². The number of hydrogen-bond donors (Lipinski definition) is 0. The molecule has 90 valence electrons. The number of rotatable bonds is 1. The minimum absolute atomic E-state index is 0.337. The van der Waals surface area contributed by atoms with Gasteiger partial charge in [0.05, 0.1) is 11.1 Å². The van der Waals surface area contributed by atoms with E-state index in [0.29, 0.717) is 16.8 Å². The van der Waals surface area contributed by atoms with Gasteiger partial charge in [0.15, 0.2) is 0 Å². The molecule has 0 saturated carbocycles. The van der Waals surface area contributed by atoms with E-state index in [1.165, 1.54) is 0 Å². The first-order chi connectivity index (χ1) is 7.88. The maximum absolute atomic E-state index is 12.5. The maximum Gasteiger partial charge on any atom is 0.417 e. The van der Waals surface area contributed by atoms with Crippen LogP contribution in [-0.4, -0.2) is 4.98 Å². The second-order valence-corrected chi connectivity index (χ2v) is 4.33. The van der Waals surface area contributed by atoms with Crippen LogP contribution in [0.15, 0.2) is 30.5 Å². The molecule has 0 amide bonds. The Labute approximate surface area is 97.3 Å². The van der Waals surface area contributed by atoms with Crippen molar-refractivity contribution in [3.8, 4) is 0 Å². The SMILES string of the molecule is CC(C)c1ccc2cc(C(F)(F)F)cnc2c1. The summed E-state index contributed by atoms with van der Waals surface area (Å²) in [5.74, 6) is 0.337. The van der Waals surface area contributed by atoms with E-state index >= 15 is 0 Å². The van der Waals surface area contributed by atoms with Crippen LogP contribution in [0.5, 0.6) is 0 Å². The highest BCUT2D eigenvalue weighted by Gasteiger charge is 2.30. The highest BCUT2D eigenvalue weighted by atomic mass is 19.4. The van der Waals surface area contributed by atoms with Crippen molar-refractivity contribution in [2.45, 2.75) is 25.9 Å². The Morgan fingerprint density at radius 2 is 1.82 bits per heavy atom. The van der Waals surface area contributed by atoms with E-state index in [2.05, 4.69) is 4.98 Å². The van der Waals surface area contributed by atoms with E-state index in [-0.39, 0.29) is 0 Å². The zero-order valence-electron chi connectivity index (χ0n) is 9.55. The second kappa shape index (κ2) is 4.02. The lowest BCUT2D eigenvalue weighted by atomic mass is 10.0. The van der Waals surface area contributed by atoms with E-state index in [9.17, 15) is 13.2 Å². The fourth-order valence-corrected chi connectivity index (χ4v) is 1.65. The number of benzene rings is 1. The molecule has 4 heteroatoms. The lowest BCUT2D eigenvalue weighted by Gasteiger charge is -2.09. The van der Waals surface area contributed by atoms with E-state index in [0.717, 1.165) is 17.8 Å². The van der Waals surface area contributed by atoms with Crippen molar-refractivity contribution in [3.63, 3.8) is 0 Å². The van der Waals surface area contributed by atoms with Gasteiger partial charge in [0.25, 0.3) is 0 Å². The van der Waals surface area contributed by atoms with E-state index in [1.807, 2.05) is 26.0 Å². The van der Waals surface area contributed by atoms with Gasteiger partial charge >= 0.3 is 6.18 Å². The van der Waals surface area contributed by atoms with Crippen molar-refractivity contribution >= 4 is 10.9 Å². The van der Waals surface area contributed by atoms with E-state index in [4.69, 9.17) is 0 Å². The summed E-state index contributed by atoms with van der Waals surface area (Å²) < 4.78 is 37.4. The molecule has 17 heavy (non-hydrogen) atoms. The summed E-state index contributed by atoms with van der Waals surface area (Å²) in [5.41, 5.74) is 0.969. The lowest BCUT2D eigenvalue weighted by molar-refractivity contribution is -0.137. The van der Waals surface area contributed by atoms with Gasteiger partial charge in [-0.15, -0.1) is 0 Å². The van der Waals surface area contributed by atoms with Crippen molar-refractivity contribution in [2.24, 2.45) is 0 Å². The molecule has 2 rings (SSSR count). The number of hydrogen-bond acceptors (Lipinski definition) is 1. The standard InChI is InChI=1S/C13H12F3N/c1-8(2)9-3-4-10-5-11(13(14,15)16)7-17-12(10)6-9/h3-8H,1-2H3. The molecule has 0 saturated heterocycles. The largest absolute Gasteiger partial charge is 0.417 e. The number of halogens is 3. The topological polar surface area (TPSA) is 12.9 Å². The quantitative estimate of drug-likeness (QED) is 0.719. The molecule has 0 N–H and O–H groups in total. The molecule has 0 aliphatic heterocycles. The van der Waals surface area contributed by atoms with Crippen LogP contribution in [0.3, 0.4) is 0 Å². The number of alkyl halides is 3. The minimum atomic E-state index is -4.34. The molecule has 0 aliphatic rings. The molecular formula is C13H12F3N. The highest BCUT2D eigenvalue weighted by Crippen LogP contribution is 2.31. The summed E-state index contributed by atoms with van der Waals surface area (Å²) in [6.07, 6.45) is -3.45. The molecule has 0 atom stereocenters. The third-order valence-electron chi connectivity index (χ3n) is 2.70. The van der Waals surface area contributed by atoms with Crippen LogP contribution >= 0.6 is 0 Å². The van der Waals surface area contributed by atoms with Crippen LogP contribution in [0.4, 0.5) is 13.2 Å². The zero-order chi connectivity index (χ0) is 12.6. The van der Waals surface area contributed by atoms with Crippen molar-refractivity contribution in [3.05, 3.63) is 41.6 Å². The highest BCUT2D eigenvalue weighted by molar-refractivity contribution is 5.79. The van der Waals surface area contributed by atoms with Gasteiger partial charge in [-0.05, 0) is 23.6 Å². The van der Waals surface area contributed by atoms with Gasteiger partial charge in [-0.2, -0.15) is 13.2 Å². The van der Waals surface area contributed by atoms with Crippen LogP contribution in [-0.2, 0) is 6.18 Å². The van der Waals surface area contributed by atoms with Crippen molar-refractivity contribution in [1.82, 2.24) is 4.98 Å². The first-order valence-corrected chi connectivity index (χ1v) is 5.35. The Morgan fingerprint density at radius 3 is 2.41 bits per heavy atom. The summed E-state index contributed by atoms with van der Waals surface area (Å²) in [6.45, 7) is 4.07. The molecule has 0 radical (unpaired) electrons. The maximum atomic E-state index is 12.5. The van der Waals surface area contributed by atoms with E-state index in [1.54, 1.807) is 6.07 Å². The third kappa shape index (κ3) is 2.40. The fourth-order valence-electron chi connectivity index (χ4n) is 1.65. The normalized spacial score (nSPS) is 12.4. The Bertz CT molecular complexity index is 544. The van der Waals surface area contributed by atoms with Gasteiger partial charge in [0.1, 0.15) is 0 Å². The molecule has 0 unspecified atom stereocenters. The van der Waals surface area contributed by atoms with Gasteiger partial charge < -0.3 is 0 Å². The van der Waals surface area contributed by atoms with Gasteiger partial charge in [-0.3, -0.25) is 4.98 Å². The van der Waals surface area contributed by atoms with Gasteiger partial charge in [0.2, 0.25) is 0 Å². The number of aromatic nitrogens is 1. The smallest absolute Gasteiger partial charge is 0.256 e. The molecular weight excluding hydrogens is 227 g/mol. The van der Waals surface area contributed by atoms with Gasteiger partial charge in [-0.1, -0.05) is 26.0 Å². The Morgan fingerprint density at radius 1 is 1.12 bits per heavy atom. The third-order valence-corrected chi connectivity index (χ3v) is 2.70. The monoisotopic (exact) mass is 239 g/mol. The number of fused-ring (bicyclic) bond motifs is 1. The van der Waals surface area contributed by atoms with E-state index < -0.39 is 11.7 Å². The molecule has 1 aromatic carbocycles. The number of nitrogens with zero attached hydrogens (tertiary/aromatic N) is 1. The fraction of sp³-hybridized carbons (Fsp3) is 0.308. The van der Waals surface area contributed by atoms with Crippen LogP contribution < -0.4 is 0 Å². The zero-order valence-corrected chi connectivity index (χ0v) is 9.55. The minimum Gasteiger partial charge on any atom is -0.256 e. The summed E-state index contributed by atoms with van der Waals surface area (Å²) in [5, 5.41) is 0.518. The summed E-state index contributed by atoms with van der Waals surface area (Å²) in [6, 6.07) is 6.49. The Kier molecular flexibility index (Phi) is 2.81. The summed E-state index contributed by atoms with van der Waals surface area (Å²) in [4.78, 5) is 3.87. The summed E-state index contributed by atoms with van der Waals surface area (Å²) >= 11 is 0. The molecule has 0 fully saturated rings. The van der Waals surface area contributed by atoms with Crippen molar-refractivity contribution in [1.29, 1.82) is 0 Å². The number of pyridine rings is 1. The first-order valence-electron chi connectivity index (χ1n) is 5.35. The van der Waals surface area contributed by atoms with Crippen molar-refractivity contribution < 1.29 is 13.2 Å². The predicted molar refractivity (Wildman–Crippen MR) is 60.8 cm³/mol.